The van der Waals surface area contributed by atoms with Crippen molar-refractivity contribution in [2.45, 2.75) is 43.4 Å². The zero-order chi connectivity index (χ0) is 22.3. The molecular weight excluding hydrogens is 440 g/mol. The van der Waals surface area contributed by atoms with Crippen LogP contribution in [-0.4, -0.2) is 66.0 Å². The van der Waals surface area contributed by atoms with E-state index in [1.54, 1.807) is 22.7 Å². The van der Waals surface area contributed by atoms with E-state index in [9.17, 15) is 18.0 Å². The van der Waals surface area contributed by atoms with Gasteiger partial charge in [0, 0.05) is 31.6 Å². The number of rotatable bonds is 4. The van der Waals surface area contributed by atoms with Crippen LogP contribution in [0.5, 0.6) is 0 Å². The Bertz CT molecular complexity index is 1130. The summed E-state index contributed by atoms with van der Waals surface area (Å²) in [6.07, 6.45) is 3.02. The minimum absolute atomic E-state index is 0.0388. The van der Waals surface area contributed by atoms with Crippen molar-refractivity contribution in [1.82, 2.24) is 19.0 Å². The first kappa shape index (κ1) is 22.0. The maximum atomic E-state index is 13.4. The highest BCUT2D eigenvalue weighted by Crippen LogP contribution is 2.38. The number of ether oxygens (including phenoxy) is 1. The highest BCUT2D eigenvalue weighted by molar-refractivity contribution is 7.91. The highest BCUT2D eigenvalue weighted by Gasteiger charge is 2.38. The number of methoxy groups -OCH3 is 1. The molecule has 1 amide bonds. The van der Waals surface area contributed by atoms with Gasteiger partial charge in [0.1, 0.15) is 9.90 Å². The summed E-state index contributed by atoms with van der Waals surface area (Å²) >= 11 is 1.09. The summed E-state index contributed by atoms with van der Waals surface area (Å²) in [5, 5.41) is 4.23. The lowest BCUT2D eigenvalue weighted by molar-refractivity contribution is 0.0595. The third-order valence-corrected chi connectivity index (χ3v) is 9.42. The Morgan fingerprint density at radius 2 is 1.87 bits per heavy atom. The topological polar surface area (TPSA) is 102 Å². The molecule has 0 bridgehead atoms. The van der Waals surface area contributed by atoms with E-state index in [0.29, 0.717) is 37.3 Å². The Morgan fingerprint density at radius 3 is 2.48 bits per heavy atom. The van der Waals surface area contributed by atoms with Gasteiger partial charge in [-0.05, 0) is 37.8 Å². The number of aromatic nitrogens is 2. The van der Waals surface area contributed by atoms with Crippen LogP contribution in [0.15, 0.2) is 10.3 Å². The number of amides is 1. The largest absolute Gasteiger partial charge is 0.465 e. The molecule has 4 rings (SSSR count). The van der Waals surface area contributed by atoms with E-state index in [2.05, 4.69) is 5.10 Å². The van der Waals surface area contributed by atoms with Crippen molar-refractivity contribution in [2.24, 2.45) is 7.05 Å². The molecule has 0 atom stereocenters. The minimum atomic E-state index is -3.80. The lowest BCUT2D eigenvalue weighted by Crippen LogP contribution is -2.37. The molecule has 2 aliphatic rings. The molecule has 1 saturated heterocycles. The number of hydrogen-bond acceptors (Lipinski definition) is 7. The molecule has 0 aliphatic carbocycles. The first-order chi connectivity index (χ1) is 14.7. The van der Waals surface area contributed by atoms with E-state index >= 15 is 0 Å². The van der Waals surface area contributed by atoms with E-state index in [1.807, 2.05) is 6.92 Å². The van der Waals surface area contributed by atoms with E-state index < -0.39 is 16.0 Å². The van der Waals surface area contributed by atoms with Crippen molar-refractivity contribution in [3.8, 4) is 0 Å². The molecule has 2 aromatic heterocycles. The number of fused-ring (bicyclic) bond motifs is 1. The Kier molecular flexibility index (Phi) is 5.93. The van der Waals surface area contributed by atoms with Gasteiger partial charge in [0.15, 0.2) is 0 Å². The van der Waals surface area contributed by atoms with Crippen molar-refractivity contribution in [3.63, 3.8) is 0 Å². The van der Waals surface area contributed by atoms with Gasteiger partial charge in [0.2, 0.25) is 0 Å². The molecule has 168 valence electrons. The van der Waals surface area contributed by atoms with Crippen LogP contribution >= 0.6 is 11.3 Å². The fourth-order valence-electron chi connectivity index (χ4n) is 4.24. The molecule has 0 radical (unpaired) electrons. The summed E-state index contributed by atoms with van der Waals surface area (Å²) in [7, 11) is -0.823. The van der Waals surface area contributed by atoms with Gasteiger partial charge in [0.25, 0.3) is 15.9 Å². The maximum absolute atomic E-state index is 13.4. The van der Waals surface area contributed by atoms with Crippen LogP contribution < -0.4 is 0 Å². The lowest BCUT2D eigenvalue weighted by atomic mass is 10.0. The van der Waals surface area contributed by atoms with E-state index in [4.69, 9.17) is 4.74 Å². The number of piperidine rings is 1. The molecule has 0 aromatic carbocycles. The van der Waals surface area contributed by atoms with Gasteiger partial charge in [0.05, 0.1) is 24.9 Å². The number of thiophene rings is 1. The van der Waals surface area contributed by atoms with Gasteiger partial charge in [-0.25, -0.2) is 13.2 Å². The van der Waals surface area contributed by atoms with Crippen LogP contribution in [0.4, 0.5) is 0 Å². The Balaban J connectivity index is 1.70. The first-order valence-corrected chi connectivity index (χ1v) is 12.5. The number of sulfonamides is 1. The molecule has 1 fully saturated rings. The summed E-state index contributed by atoms with van der Waals surface area (Å²) in [4.78, 5) is 28.0. The number of esters is 1. The first-order valence-electron chi connectivity index (χ1n) is 10.3. The summed E-state index contributed by atoms with van der Waals surface area (Å²) in [5.74, 6) is -0.808. The highest BCUT2D eigenvalue weighted by atomic mass is 32.2. The Hall–Kier alpha value is -2.24. The summed E-state index contributed by atoms with van der Waals surface area (Å²) in [6.45, 7) is 3.37. The van der Waals surface area contributed by atoms with Crippen molar-refractivity contribution in [2.75, 3.05) is 26.7 Å². The van der Waals surface area contributed by atoms with E-state index in [0.717, 1.165) is 41.2 Å². The molecule has 11 heteroatoms. The third kappa shape index (κ3) is 3.90. The smallest absolute Gasteiger partial charge is 0.340 e. The zero-order valence-electron chi connectivity index (χ0n) is 17.9. The van der Waals surface area contributed by atoms with Crippen molar-refractivity contribution in [1.29, 1.82) is 0 Å². The zero-order valence-corrected chi connectivity index (χ0v) is 19.5. The van der Waals surface area contributed by atoms with Crippen molar-refractivity contribution >= 4 is 33.2 Å². The van der Waals surface area contributed by atoms with Crippen LogP contribution in [0.3, 0.4) is 0 Å². The quantitative estimate of drug-likeness (QED) is 0.639. The minimum Gasteiger partial charge on any atom is -0.465 e. The monoisotopic (exact) mass is 466 g/mol. The molecule has 0 unspecified atom stereocenters. The van der Waals surface area contributed by atoms with Crippen LogP contribution in [0.2, 0.25) is 0 Å². The van der Waals surface area contributed by atoms with Crippen LogP contribution in [0.25, 0.3) is 0 Å². The predicted octanol–water partition coefficient (Wildman–Crippen LogP) is 1.95. The SMILES string of the molecule is COC(=O)c1c(S(=O)(=O)N2CCCCC2)sc2c1CCN(C(=O)c1cc(C)nn1C)C2. The second-order valence-electron chi connectivity index (χ2n) is 7.89. The summed E-state index contributed by atoms with van der Waals surface area (Å²) in [5.41, 5.74) is 2.05. The molecule has 0 saturated carbocycles. The lowest BCUT2D eigenvalue weighted by Gasteiger charge is -2.27. The standard InChI is InChI=1S/C20H26N4O5S2/c1-13-11-15(22(2)21-13)18(25)23-10-7-14-16(12-23)30-20(17(14)19(26)29-3)31(27,28)24-8-5-4-6-9-24/h11H,4-10,12H2,1-3H3. The number of carbonyl (C=O) groups excluding carboxylic acids is 2. The second-order valence-corrected chi connectivity index (χ2v) is 11.1. The fourth-order valence-corrected chi connectivity index (χ4v) is 7.79. The van der Waals surface area contributed by atoms with Gasteiger partial charge in [-0.15, -0.1) is 11.3 Å². The van der Waals surface area contributed by atoms with Crippen molar-refractivity contribution < 1.29 is 22.7 Å². The van der Waals surface area contributed by atoms with Gasteiger partial charge in [-0.2, -0.15) is 9.40 Å². The summed E-state index contributed by atoms with van der Waals surface area (Å²) in [6, 6.07) is 1.73. The second kappa shape index (κ2) is 8.36. The number of aryl methyl sites for hydroxylation is 2. The van der Waals surface area contributed by atoms with Crippen LogP contribution in [0.1, 0.15) is 56.2 Å². The van der Waals surface area contributed by atoms with Crippen LogP contribution in [0, 0.1) is 6.92 Å². The number of carbonyl (C=O) groups is 2. The Labute approximate surface area is 185 Å². The molecule has 9 nitrogen and oxygen atoms in total. The van der Waals surface area contributed by atoms with Crippen molar-refractivity contribution in [3.05, 3.63) is 33.5 Å². The fraction of sp³-hybridized carbons (Fsp3) is 0.550. The Morgan fingerprint density at radius 1 is 1.16 bits per heavy atom. The van der Waals surface area contributed by atoms with E-state index in [1.165, 1.54) is 11.4 Å². The summed E-state index contributed by atoms with van der Waals surface area (Å²) < 4.78 is 34.7. The molecule has 31 heavy (non-hydrogen) atoms. The molecule has 0 spiro atoms. The predicted molar refractivity (Wildman–Crippen MR) is 115 cm³/mol. The molecular formula is C20H26N4O5S2. The average Bonchev–Trinajstić information content (AvgIpc) is 3.32. The van der Waals surface area contributed by atoms with E-state index in [-0.39, 0.29) is 22.2 Å². The maximum Gasteiger partial charge on any atom is 0.340 e. The normalized spacial score (nSPS) is 17.5. The molecule has 2 aliphatic heterocycles. The number of hydrogen-bond donors (Lipinski definition) is 0. The van der Waals surface area contributed by atoms with Gasteiger partial charge < -0.3 is 9.64 Å². The number of nitrogens with zero attached hydrogens (tertiary/aromatic N) is 4. The van der Waals surface area contributed by atoms with Gasteiger partial charge in [-0.3, -0.25) is 9.48 Å². The van der Waals surface area contributed by atoms with Gasteiger partial charge >= 0.3 is 5.97 Å². The molecule has 4 heterocycles. The van der Waals surface area contributed by atoms with Crippen LogP contribution in [-0.2, 0) is 34.8 Å². The third-order valence-electron chi connectivity index (χ3n) is 5.81. The average molecular weight is 467 g/mol. The van der Waals surface area contributed by atoms with Gasteiger partial charge in [-0.1, -0.05) is 6.42 Å². The molecule has 2 aromatic rings. The molecule has 0 N–H and O–H groups in total.